The molecular formula is C13H15NO5S2. The molecule has 0 spiro atoms. The van der Waals surface area contributed by atoms with Gasteiger partial charge in [0.2, 0.25) is 10.0 Å². The van der Waals surface area contributed by atoms with Gasteiger partial charge in [-0.25, -0.2) is 17.9 Å². The number of rotatable bonds is 6. The summed E-state index contributed by atoms with van der Waals surface area (Å²) in [6.07, 6.45) is 0. The number of ether oxygens (including phenoxy) is 1. The van der Waals surface area contributed by atoms with Crippen molar-refractivity contribution in [3.8, 4) is 0 Å². The zero-order valence-electron chi connectivity index (χ0n) is 11.5. The number of hydrogen-bond acceptors (Lipinski definition) is 5. The van der Waals surface area contributed by atoms with E-state index in [1.165, 1.54) is 7.11 Å². The quantitative estimate of drug-likeness (QED) is 0.844. The van der Waals surface area contributed by atoms with E-state index in [4.69, 9.17) is 4.74 Å². The molecule has 114 valence electrons. The number of thiophene rings is 1. The molecule has 0 fully saturated rings. The van der Waals surface area contributed by atoms with Crippen LogP contribution in [0.2, 0.25) is 0 Å². The molecule has 2 rings (SSSR count). The highest BCUT2D eigenvalue weighted by molar-refractivity contribution is 7.90. The lowest BCUT2D eigenvalue weighted by Gasteiger charge is -2.13. The Labute approximate surface area is 126 Å². The van der Waals surface area contributed by atoms with Crippen molar-refractivity contribution in [3.63, 3.8) is 0 Å². The number of fused-ring (bicyclic) bond motifs is 1. The number of carboxylic acid groups (broad SMARTS) is 1. The van der Waals surface area contributed by atoms with Crippen molar-refractivity contribution in [2.24, 2.45) is 0 Å². The third-order valence-corrected chi connectivity index (χ3v) is 5.75. The summed E-state index contributed by atoms with van der Waals surface area (Å²) in [5, 5.41) is 9.67. The van der Waals surface area contributed by atoms with Crippen LogP contribution in [-0.2, 0) is 14.8 Å². The smallest absolute Gasteiger partial charge is 0.347 e. The van der Waals surface area contributed by atoms with Crippen molar-refractivity contribution in [2.45, 2.75) is 17.9 Å². The average Bonchev–Trinajstić information content (AvgIpc) is 2.78. The van der Waals surface area contributed by atoms with Gasteiger partial charge in [-0.2, -0.15) is 0 Å². The predicted octanol–water partition coefficient (Wildman–Crippen LogP) is 1.91. The molecule has 21 heavy (non-hydrogen) atoms. The van der Waals surface area contributed by atoms with Crippen LogP contribution in [0.1, 0.15) is 16.6 Å². The molecule has 0 amide bonds. The maximum absolute atomic E-state index is 12.5. The maximum Gasteiger partial charge on any atom is 0.347 e. The van der Waals surface area contributed by atoms with E-state index in [1.807, 2.05) is 0 Å². The second kappa shape index (κ2) is 6.10. The molecule has 1 aromatic heterocycles. The molecule has 0 saturated heterocycles. The molecule has 0 bridgehead atoms. The van der Waals surface area contributed by atoms with Gasteiger partial charge in [-0.05, 0) is 13.0 Å². The van der Waals surface area contributed by atoms with Crippen LogP contribution in [0.5, 0.6) is 0 Å². The van der Waals surface area contributed by atoms with Crippen LogP contribution in [0.25, 0.3) is 10.1 Å². The molecule has 0 radical (unpaired) electrons. The summed E-state index contributed by atoms with van der Waals surface area (Å²) in [6.45, 7) is 1.85. The summed E-state index contributed by atoms with van der Waals surface area (Å²) >= 11 is 0.949. The van der Waals surface area contributed by atoms with E-state index >= 15 is 0 Å². The van der Waals surface area contributed by atoms with Crippen molar-refractivity contribution < 1.29 is 23.1 Å². The first-order valence-electron chi connectivity index (χ1n) is 6.13. The van der Waals surface area contributed by atoms with E-state index in [1.54, 1.807) is 31.2 Å². The van der Waals surface area contributed by atoms with E-state index in [0.717, 1.165) is 11.3 Å². The van der Waals surface area contributed by atoms with E-state index in [2.05, 4.69) is 4.72 Å². The molecule has 2 aromatic rings. The highest BCUT2D eigenvalue weighted by atomic mass is 32.2. The molecule has 0 saturated carbocycles. The summed E-state index contributed by atoms with van der Waals surface area (Å²) in [5.74, 6) is -1.25. The monoisotopic (exact) mass is 329 g/mol. The minimum Gasteiger partial charge on any atom is -0.477 e. The molecule has 6 nitrogen and oxygen atoms in total. The second-order valence-corrected chi connectivity index (χ2v) is 7.24. The van der Waals surface area contributed by atoms with Gasteiger partial charge in [0.1, 0.15) is 9.77 Å². The standard InChI is InChI=1S/C13H15NO5S2/c1-8(7-19-2)14-21(17,18)12-9-5-3-4-6-10(9)20-11(12)13(15)16/h3-6,8,14H,7H2,1-2H3,(H,15,16). The fraction of sp³-hybridized carbons (Fsp3) is 0.308. The molecule has 0 aliphatic rings. The van der Waals surface area contributed by atoms with Gasteiger partial charge < -0.3 is 9.84 Å². The number of methoxy groups -OCH3 is 1. The maximum atomic E-state index is 12.5. The molecule has 1 heterocycles. The first kappa shape index (κ1) is 15.9. The Kier molecular flexibility index (Phi) is 4.62. The number of nitrogens with one attached hydrogen (secondary N) is 1. The highest BCUT2D eigenvalue weighted by Gasteiger charge is 2.29. The van der Waals surface area contributed by atoms with Crippen LogP contribution >= 0.6 is 11.3 Å². The van der Waals surface area contributed by atoms with Crippen molar-refractivity contribution in [3.05, 3.63) is 29.1 Å². The van der Waals surface area contributed by atoms with Crippen LogP contribution in [0, 0.1) is 0 Å². The van der Waals surface area contributed by atoms with Crippen LogP contribution in [-0.4, -0.2) is 39.3 Å². The number of aromatic carboxylic acids is 1. The molecule has 0 aliphatic heterocycles. The SMILES string of the molecule is COCC(C)NS(=O)(=O)c1c(C(=O)O)sc2ccccc12. The molecule has 0 aliphatic carbocycles. The van der Waals surface area contributed by atoms with Gasteiger partial charge in [0.05, 0.1) is 6.61 Å². The van der Waals surface area contributed by atoms with Gasteiger partial charge in [0.15, 0.2) is 0 Å². The third kappa shape index (κ3) is 3.24. The predicted molar refractivity (Wildman–Crippen MR) is 80.4 cm³/mol. The van der Waals surface area contributed by atoms with E-state index < -0.39 is 22.0 Å². The Morgan fingerprint density at radius 1 is 1.43 bits per heavy atom. The summed E-state index contributed by atoms with van der Waals surface area (Å²) in [5.41, 5.74) is 0. The van der Waals surface area contributed by atoms with Crippen LogP contribution in [0.15, 0.2) is 29.2 Å². The number of carboxylic acids is 1. The number of sulfonamides is 1. The van der Waals surface area contributed by atoms with Gasteiger partial charge >= 0.3 is 5.97 Å². The lowest BCUT2D eigenvalue weighted by atomic mass is 10.2. The minimum absolute atomic E-state index is 0.182. The molecule has 1 atom stereocenters. The summed E-state index contributed by atoms with van der Waals surface area (Å²) < 4.78 is 32.9. The lowest BCUT2D eigenvalue weighted by Crippen LogP contribution is -2.36. The van der Waals surface area contributed by atoms with E-state index in [9.17, 15) is 18.3 Å². The first-order valence-corrected chi connectivity index (χ1v) is 8.43. The zero-order valence-corrected chi connectivity index (χ0v) is 13.1. The van der Waals surface area contributed by atoms with Gasteiger partial charge in [-0.1, -0.05) is 18.2 Å². The molecule has 1 aromatic carbocycles. The summed E-state index contributed by atoms with van der Waals surface area (Å²) in [6, 6.07) is 6.26. The Morgan fingerprint density at radius 3 is 2.71 bits per heavy atom. The largest absolute Gasteiger partial charge is 0.477 e. The van der Waals surface area contributed by atoms with Crippen LogP contribution < -0.4 is 4.72 Å². The van der Waals surface area contributed by atoms with Crippen LogP contribution in [0.4, 0.5) is 0 Å². The summed E-state index contributed by atoms with van der Waals surface area (Å²) in [7, 11) is -2.48. The van der Waals surface area contributed by atoms with Gasteiger partial charge in [-0.3, -0.25) is 0 Å². The minimum atomic E-state index is -3.94. The summed E-state index contributed by atoms with van der Waals surface area (Å²) in [4.78, 5) is 11.0. The Balaban J connectivity index is 2.58. The highest BCUT2D eigenvalue weighted by Crippen LogP contribution is 2.34. The Morgan fingerprint density at radius 2 is 2.10 bits per heavy atom. The molecule has 2 N–H and O–H groups in total. The topological polar surface area (TPSA) is 92.7 Å². The van der Waals surface area contributed by atoms with Crippen molar-refractivity contribution in [1.29, 1.82) is 0 Å². The van der Waals surface area contributed by atoms with Gasteiger partial charge in [0.25, 0.3) is 0 Å². The fourth-order valence-corrected chi connectivity index (χ4v) is 5.01. The first-order chi connectivity index (χ1) is 9.86. The van der Waals surface area contributed by atoms with E-state index in [0.29, 0.717) is 10.1 Å². The zero-order chi connectivity index (χ0) is 15.6. The third-order valence-electron chi connectivity index (χ3n) is 2.79. The van der Waals surface area contributed by atoms with E-state index in [-0.39, 0.29) is 16.4 Å². The van der Waals surface area contributed by atoms with Gasteiger partial charge in [-0.15, -0.1) is 11.3 Å². The average molecular weight is 329 g/mol. The Bertz CT molecular complexity index is 766. The molecule has 1 unspecified atom stereocenters. The second-order valence-electron chi connectivity index (χ2n) is 4.54. The molecule has 8 heteroatoms. The van der Waals surface area contributed by atoms with Crippen LogP contribution in [0.3, 0.4) is 0 Å². The van der Waals surface area contributed by atoms with Crippen molar-refractivity contribution >= 4 is 37.4 Å². The normalized spacial score (nSPS) is 13.4. The number of hydrogen-bond donors (Lipinski definition) is 2. The fourth-order valence-electron chi connectivity index (χ4n) is 2.04. The molecular weight excluding hydrogens is 314 g/mol. The van der Waals surface area contributed by atoms with Crippen molar-refractivity contribution in [1.82, 2.24) is 4.72 Å². The van der Waals surface area contributed by atoms with Gasteiger partial charge in [0, 0.05) is 23.2 Å². The van der Waals surface area contributed by atoms with Crippen molar-refractivity contribution in [2.75, 3.05) is 13.7 Å². The number of benzene rings is 1. The number of carbonyl (C=O) groups is 1. The Hall–Kier alpha value is -1.48. The lowest BCUT2D eigenvalue weighted by molar-refractivity contribution is 0.0698.